The molecule has 0 spiro atoms. The van der Waals surface area contributed by atoms with Crippen LogP contribution < -0.4 is 4.90 Å². The van der Waals surface area contributed by atoms with Crippen molar-refractivity contribution in [2.75, 3.05) is 18.0 Å². The third-order valence-corrected chi connectivity index (χ3v) is 3.60. The van der Waals surface area contributed by atoms with E-state index in [9.17, 15) is 4.39 Å². The molecule has 0 saturated carbocycles. The molecule has 0 aromatic carbocycles. The Hall–Kier alpha value is -1.98. The van der Waals surface area contributed by atoms with Gasteiger partial charge in [-0.1, -0.05) is 5.16 Å². The first kappa shape index (κ1) is 13.0. The fourth-order valence-electron chi connectivity index (χ4n) is 2.72. The van der Waals surface area contributed by atoms with Crippen molar-refractivity contribution in [3.63, 3.8) is 0 Å². The van der Waals surface area contributed by atoms with Gasteiger partial charge in [0.2, 0.25) is 5.89 Å². The largest absolute Gasteiger partial charge is 0.354 e. The summed E-state index contributed by atoms with van der Waals surface area (Å²) in [5.74, 6) is 1.91. The van der Waals surface area contributed by atoms with Gasteiger partial charge in [-0.15, -0.1) is 0 Å². The summed E-state index contributed by atoms with van der Waals surface area (Å²) in [6.07, 6.45) is 4.52. The van der Waals surface area contributed by atoms with E-state index >= 15 is 0 Å². The van der Waals surface area contributed by atoms with Gasteiger partial charge in [-0.3, -0.25) is 0 Å². The molecule has 0 amide bonds. The number of nitrogens with zero attached hydrogens (tertiary/aromatic N) is 4. The zero-order valence-electron chi connectivity index (χ0n) is 11.4. The molecule has 0 radical (unpaired) electrons. The lowest BCUT2D eigenvalue weighted by atomic mass is 9.94. The zero-order chi connectivity index (χ0) is 13.9. The normalized spacial score (nSPS) is 19.3. The average molecular weight is 276 g/mol. The third kappa shape index (κ3) is 2.79. The minimum atomic E-state index is -0.261. The Morgan fingerprint density at radius 1 is 1.50 bits per heavy atom. The van der Waals surface area contributed by atoms with Crippen molar-refractivity contribution in [1.82, 2.24) is 15.1 Å². The van der Waals surface area contributed by atoms with Crippen LogP contribution in [0.2, 0.25) is 0 Å². The number of hydrogen-bond acceptors (Lipinski definition) is 5. The molecule has 1 aliphatic rings. The van der Waals surface area contributed by atoms with E-state index in [1.54, 1.807) is 19.2 Å². The fourth-order valence-corrected chi connectivity index (χ4v) is 2.72. The topological polar surface area (TPSA) is 55.1 Å². The summed E-state index contributed by atoms with van der Waals surface area (Å²) >= 11 is 0. The van der Waals surface area contributed by atoms with Crippen LogP contribution in [0, 0.1) is 18.7 Å². The second-order valence-electron chi connectivity index (χ2n) is 5.20. The Morgan fingerprint density at radius 2 is 2.40 bits per heavy atom. The molecule has 3 heterocycles. The molecule has 1 saturated heterocycles. The molecule has 20 heavy (non-hydrogen) atoms. The van der Waals surface area contributed by atoms with Crippen molar-refractivity contribution < 1.29 is 8.91 Å². The predicted octanol–water partition coefficient (Wildman–Crippen LogP) is 2.37. The van der Waals surface area contributed by atoms with Gasteiger partial charge < -0.3 is 9.42 Å². The maximum absolute atomic E-state index is 13.8. The molecule has 0 bridgehead atoms. The van der Waals surface area contributed by atoms with E-state index < -0.39 is 0 Å². The molecule has 2 aromatic heterocycles. The summed E-state index contributed by atoms with van der Waals surface area (Å²) in [5.41, 5.74) is 0. The Balaban J connectivity index is 1.69. The molecule has 2 aromatic rings. The number of pyridine rings is 1. The molecule has 5 nitrogen and oxygen atoms in total. The minimum Gasteiger partial charge on any atom is -0.354 e. The Morgan fingerprint density at radius 3 is 3.15 bits per heavy atom. The summed E-state index contributed by atoms with van der Waals surface area (Å²) < 4.78 is 18.8. The van der Waals surface area contributed by atoms with Crippen LogP contribution in [0.3, 0.4) is 0 Å². The number of rotatable bonds is 3. The van der Waals surface area contributed by atoms with Gasteiger partial charge in [-0.25, -0.2) is 9.37 Å². The first-order valence-electron chi connectivity index (χ1n) is 6.87. The molecule has 6 heteroatoms. The highest BCUT2D eigenvalue weighted by molar-refractivity contribution is 5.40. The lowest BCUT2D eigenvalue weighted by Gasteiger charge is -2.33. The highest BCUT2D eigenvalue weighted by Gasteiger charge is 2.24. The first-order chi connectivity index (χ1) is 9.72. The molecule has 0 aliphatic carbocycles. The van der Waals surface area contributed by atoms with Gasteiger partial charge in [0.25, 0.3) is 0 Å². The number of aromatic nitrogens is 3. The maximum atomic E-state index is 13.8. The van der Waals surface area contributed by atoms with Crippen LogP contribution in [0.4, 0.5) is 10.2 Å². The van der Waals surface area contributed by atoms with Crippen LogP contribution >= 0.6 is 0 Å². The number of aryl methyl sites for hydroxylation is 1. The van der Waals surface area contributed by atoms with Crippen molar-refractivity contribution in [3.05, 3.63) is 35.9 Å². The SMILES string of the molecule is Cc1nc(CC2CCCN(c3ncccc3F)C2)no1. The quantitative estimate of drug-likeness (QED) is 0.861. The number of piperidine rings is 1. The summed E-state index contributed by atoms with van der Waals surface area (Å²) in [5, 5.41) is 3.93. The van der Waals surface area contributed by atoms with Crippen LogP contribution in [-0.4, -0.2) is 28.2 Å². The molecule has 106 valence electrons. The number of hydrogen-bond donors (Lipinski definition) is 0. The molecule has 3 rings (SSSR count). The van der Waals surface area contributed by atoms with Gasteiger partial charge in [0.1, 0.15) is 0 Å². The molecule has 1 aliphatic heterocycles. The van der Waals surface area contributed by atoms with Crippen LogP contribution in [-0.2, 0) is 6.42 Å². The second kappa shape index (κ2) is 5.56. The van der Waals surface area contributed by atoms with Crippen LogP contribution in [0.5, 0.6) is 0 Å². The highest BCUT2D eigenvalue weighted by Crippen LogP contribution is 2.25. The average Bonchev–Trinajstić information content (AvgIpc) is 2.85. The third-order valence-electron chi connectivity index (χ3n) is 3.60. The van der Waals surface area contributed by atoms with Gasteiger partial charge >= 0.3 is 0 Å². The maximum Gasteiger partial charge on any atom is 0.223 e. The monoisotopic (exact) mass is 276 g/mol. The van der Waals surface area contributed by atoms with Gasteiger partial charge in [-0.05, 0) is 30.9 Å². The molecular formula is C14H17FN4O. The van der Waals surface area contributed by atoms with Crippen LogP contribution in [0.1, 0.15) is 24.6 Å². The summed E-state index contributed by atoms with van der Waals surface area (Å²) in [6, 6.07) is 3.07. The Labute approximate surface area is 116 Å². The van der Waals surface area contributed by atoms with E-state index in [0.717, 1.165) is 38.2 Å². The lowest BCUT2D eigenvalue weighted by Crippen LogP contribution is -2.37. The van der Waals surface area contributed by atoms with Crippen LogP contribution in [0.15, 0.2) is 22.9 Å². The molecule has 0 N–H and O–H groups in total. The first-order valence-corrected chi connectivity index (χ1v) is 6.87. The van der Waals surface area contributed by atoms with E-state index in [2.05, 4.69) is 15.1 Å². The van der Waals surface area contributed by atoms with Crippen molar-refractivity contribution in [2.45, 2.75) is 26.2 Å². The van der Waals surface area contributed by atoms with Crippen molar-refractivity contribution in [2.24, 2.45) is 5.92 Å². The highest BCUT2D eigenvalue weighted by atomic mass is 19.1. The standard InChI is InChI=1S/C14H17FN4O/c1-10-17-13(18-20-10)8-11-4-3-7-19(9-11)14-12(15)5-2-6-16-14/h2,5-6,11H,3-4,7-9H2,1H3. The van der Waals surface area contributed by atoms with E-state index in [1.807, 2.05) is 4.90 Å². The molecular weight excluding hydrogens is 259 g/mol. The zero-order valence-corrected chi connectivity index (χ0v) is 11.4. The van der Waals surface area contributed by atoms with Gasteiger partial charge in [0.15, 0.2) is 17.5 Å². The predicted molar refractivity (Wildman–Crippen MR) is 71.9 cm³/mol. The molecule has 1 unspecified atom stereocenters. The molecule has 1 atom stereocenters. The minimum absolute atomic E-state index is 0.261. The molecule has 1 fully saturated rings. The van der Waals surface area contributed by atoms with Crippen LogP contribution in [0.25, 0.3) is 0 Å². The van der Waals surface area contributed by atoms with Gasteiger partial charge in [0.05, 0.1) is 0 Å². The van der Waals surface area contributed by atoms with E-state index in [-0.39, 0.29) is 5.82 Å². The number of anilines is 1. The van der Waals surface area contributed by atoms with Crippen molar-refractivity contribution >= 4 is 5.82 Å². The van der Waals surface area contributed by atoms with Crippen molar-refractivity contribution in [1.29, 1.82) is 0 Å². The summed E-state index contributed by atoms with van der Waals surface area (Å²) in [4.78, 5) is 10.4. The van der Waals surface area contributed by atoms with Gasteiger partial charge in [-0.2, -0.15) is 4.98 Å². The van der Waals surface area contributed by atoms with E-state index in [4.69, 9.17) is 4.52 Å². The number of halogens is 1. The second-order valence-corrected chi connectivity index (χ2v) is 5.20. The summed E-state index contributed by atoms with van der Waals surface area (Å²) in [7, 11) is 0. The smallest absolute Gasteiger partial charge is 0.223 e. The summed E-state index contributed by atoms with van der Waals surface area (Å²) in [6.45, 7) is 3.41. The van der Waals surface area contributed by atoms with E-state index in [1.165, 1.54) is 6.07 Å². The Bertz CT molecular complexity index is 586. The van der Waals surface area contributed by atoms with Crippen molar-refractivity contribution in [3.8, 4) is 0 Å². The van der Waals surface area contributed by atoms with E-state index in [0.29, 0.717) is 17.6 Å². The Kier molecular flexibility index (Phi) is 3.62. The van der Waals surface area contributed by atoms with Gasteiger partial charge in [0, 0.05) is 32.6 Å². The fraction of sp³-hybridized carbons (Fsp3) is 0.500. The lowest BCUT2D eigenvalue weighted by molar-refractivity contribution is 0.368.